The summed E-state index contributed by atoms with van der Waals surface area (Å²) in [5, 5.41) is 5.50. The van der Waals surface area contributed by atoms with Crippen molar-refractivity contribution >= 4 is 32.7 Å². The van der Waals surface area contributed by atoms with Gasteiger partial charge in [0.1, 0.15) is 10.6 Å². The van der Waals surface area contributed by atoms with E-state index < -0.39 is 10.0 Å². The number of ether oxygens (including phenoxy) is 1. The Kier molecular flexibility index (Phi) is 6.22. The second-order valence-electron chi connectivity index (χ2n) is 7.87. The van der Waals surface area contributed by atoms with Crippen molar-refractivity contribution in [3.63, 3.8) is 0 Å². The van der Waals surface area contributed by atoms with E-state index in [2.05, 4.69) is 28.8 Å². The average Bonchev–Trinajstić information content (AvgIpc) is 3.27. The zero-order valence-electron chi connectivity index (χ0n) is 17.8. The summed E-state index contributed by atoms with van der Waals surface area (Å²) in [6.45, 7) is 6.06. The van der Waals surface area contributed by atoms with Crippen LogP contribution in [0, 0.1) is 0 Å². The number of nitrogens with zero attached hydrogens (tertiary/aromatic N) is 1. The van der Waals surface area contributed by atoms with E-state index in [4.69, 9.17) is 4.74 Å². The molecule has 0 saturated carbocycles. The van der Waals surface area contributed by atoms with Gasteiger partial charge in [0.05, 0.1) is 12.8 Å². The summed E-state index contributed by atoms with van der Waals surface area (Å²) < 4.78 is 34.5. The van der Waals surface area contributed by atoms with Crippen molar-refractivity contribution in [3.05, 3.63) is 60.0 Å². The molecule has 2 atom stereocenters. The Balaban J connectivity index is 1.59. The fraction of sp³-hybridized carbons (Fsp3) is 0.304. The Morgan fingerprint density at radius 1 is 1.06 bits per heavy atom. The predicted octanol–water partition coefficient (Wildman–Crippen LogP) is 4.41. The predicted molar refractivity (Wildman–Crippen MR) is 128 cm³/mol. The van der Waals surface area contributed by atoms with E-state index >= 15 is 0 Å². The van der Waals surface area contributed by atoms with Crippen LogP contribution < -0.4 is 19.7 Å². The molecule has 8 heteroatoms. The molecule has 1 aromatic heterocycles. The van der Waals surface area contributed by atoms with E-state index in [1.54, 1.807) is 29.5 Å². The van der Waals surface area contributed by atoms with Gasteiger partial charge in [-0.05, 0) is 61.2 Å². The number of hydrogen-bond acceptors (Lipinski definition) is 6. The van der Waals surface area contributed by atoms with Crippen molar-refractivity contribution in [2.24, 2.45) is 0 Å². The van der Waals surface area contributed by atoms with Crippen molar-refractivity contribution in [3.8, 4) is 16.2 Å². The minimum absolute atomic E-state index is 0.116. The molecule has 4 rings (SSSR count). The molecule has 2 N–H and O–H groups in total. The monoisotopic (exact) mass is 457 g/mol. The minimum atomic E-state index is -3.81. The van der Waals surface area contributed by atoms with E-state index in [0.717, 1.165) is 29.2 Å². The Hall–Kier alpha value is -2.55. The third-order valence-electron chi connectivity index (χ3n) is 5.28. The molecule has 1 saturated heterocycles. The lowest BCUT2D eigenvalue weighted by Crippen LogP contribution is -2.54. The number of hydrogen-bond donors (Lipinski definition) is 2. The van der Waals surface area contributed by atoms with Crippen molar-refractivity contribution in [1.82, 2.24) is 5.32 Å². The Morgan fingerprint density at radius 2 is 1.84 bits per heavy atom. The lowest BCUT2D eigenvalue weighted by molar-refractivity contribution is 0.403. The number of rotatable bonds is 6. The number of piperazine rings is 1. The number of anilines is 2. The van der Waals surface area contributed by atoms with E-state index in [1.165, 1.54) is 7.11 Å². The van der Waals surface area contributed by atoms with Gasteiger partial charge < -0.3 is 15.0 Å². The second kappa shape index (κ2) is 8.90. The highest BCUT2D eigenvalue weighted by atomic mass is 32.2. The maximum atomic E-state index is 13.2. The molecule has 2 aromatic carbocycles. The van der Waals surface area contributed by atoms with Crippen molar-refractivity contribution in [2.45, 2.75) is 30.8 Å². The Morgan fingerprint density at radius 3 is 2.52 bits per heavy atom. The van der Waals surface area contributed by atoms with Crippen LogP contribution in [0.15, 0.2) is 64.9 Å². The molecule has 0 amide bonds. The third kappa shape index (κ3) is 4.87. The van der Waals surface area contributed by atoms with Gasteiger partial charge in [-0.1, -0.05) is 18.2 Å². The highest BCUT2D eigenvalue weighted by Gasteiger charge is 2.23. The lowest BCUT2D eigenvalue weighted by atomic mass is 10.1. The molecular formula is C23H27N3O3S2. The van der Waals surface area contributed by atoms with E-state index in [9.17, 15) is 8.42 Å². The smallest absolute Gasteiger partial charge is 0.265 e. The molecule has 0 bridgehead atoms. The van der Waals surface area contributed by atoms with E-state index in [1.807, 2.05) is 41.8 Å². The quantitative estimate of drug-likeness (QED) is 0.574. The maximum Gasteiger partial charge on any atom is 0.265 e. The first-order valence-corrected chi connectivity index (χ1v) is 12.6. The van der Waals surface area contributed by atoms with E-state index in [-0.39, 0.29) is 4.90 Å². The highest BCUT2D eigenvalue weighted by molar-refractivity contribution is 7.92. The summed E-state index contributed by atoms with van der Waals surface area (Å²) in [4.78, 5) is 3.45. The molecule has 164 valence electrons. The molecule has 31 heavy (non-hydrogen) atoms. The largest absolute Gasteiger partial charge is 0.495 e. The fourth-order valence-corrected chi connectivity index (χ4v) is 5.92. The van der Waals surface area contributed by atoms with Crippen LogP contribution in [-0.2, 0) is 10.0 Å². The molecule has 1 aliphatic rings. The lowest BCUT2D eigenvalue weighted by Gasteiger charge is -2.37. The molecule has 1 aliphatic heterocycles. The van der Waals surface area contributed by atoms with Crippen LogP contribution in [-0.4, -0.2) is 40.7 Å². The molecule has 0 spiro atoms. The van der Waals surface area contributed by atoms with Crippen LogP contribution in [0.2, 0.25) is 0 Å². The first kappa shape index (κ1) is 21.7. The van der Waals surface area contributed by atoms with Crippen LogP contribution in [0.3, 0.4) is 0 Å². The molecule has 0 aliphatic carbocycles. The summed E-state index contributed by atoms with van der Waals surface area (Å²) in [6, 6.07) is 17.4. The zero-order valence-corrected chi connectivity index (χ0v) is 19.5. The molecule has 0 radical (unpaired) electrons. The number of nitrogens with one attached hydrogen (secondary N) is 2. The van der Waals surface area contributed by atoms with Gasteiger partial charge in [0, 0.05) is 35.7 Å². The summed E-state index contributed by atoms with van der Waals surface area (Å²) >= 11 is 1.60. The number of benzene rings is 2. The summed E-state index contributed by atoms with van der Waals surface area (Å²) in [5.41, 5.74) is 2.45. The molecular weight excluding hydrogens is 430 g/mol. The topological polar surface area (TPSA) is 70.7 Å². The van der Waals surface area contributed by atoms with Gasteiger partial charge in [-0.2, -0.15) is 0 Å². The van der Waals surface area contributed by atoms with Gasteiger partial charge in [-0.3, -0.25) is 4.72 Å². The Bertz CT molecular complexity index is 1140. The van der Waals surface area contributed by atoms with Gasteiger partial charge in [0.2, 0.25) is 0 Å². The average molecular weight is 458 g/mol. The molecule has 2 heterocycles. The Labute approximate surface area is 187 Å². The van der Waals surface area contributed by atoms with Crippen LogP contribution >= 0.6 is 11.3 Å². The first-order valence-electron chi connectivity index (χ1n) is 10.2. The van der Waals surface area contributed by atoms with E-state index in [0.29, 0.717) is 23.5 Å². The van der Waals surface area contributed by atoms with Crippen molar-refractivity contribution < 1.29 is 13.2 Å². The number of thiophene rings is 1. The molecule has 0 unspecified atom stereocenters. The molecule has 6 nitrogen and oxygen atoms in total. The van der Waals surface area contributed by atoms with Gasteiger partial charge in [0.25, 0.3) is 10.0 Å². The maximum absolute atomic E-state index is 13.2. The normalized spacial score (nSPS) is 19.3. The highest BCUT2D eigenvalue weighted by Crippen LogP contribution is 2.33. The van der Waals surface area contributed by atoms with Crippen LogP contribution in [0.4, 0.5) is 11.4 Å². The van der Waals surface area contributed by atoms with Crippen LogP contribution in [0.5, 0.6) is 5.75 Å². The van der Waals surface area contributed by atoms with Gasteiger partial charge in [-0.25, -0.2) is 8.42 Å². The first-order chi connectivity index (χ1) is 14.9. The van der Waals surface area contributed by atoms with Crippen LogP contribution in [0.1, 0.15) is 13.8 Å². The summed E-state index contributed by atoms with van der Waals surface area (Å²) in [5.74, 6) is 0.319. The SMILES string of the molecule is COc1cc(-c2cccs2)ccc1S(=O)(=O)Nc1cccc(N2C[C@@H](C)N[C@@H](C)C2)c1. The standard InChI is InChI=1S/C23H27N3O3S2/c1-16-14-26(15-17(2)24-16)20-7-4-6-19(13-20)25-31(27,28)23-10-9-18(12-21(23)29-3)22-8-5-11-30-22/h4-13,16-17,24-25H,14-15H2,1-3H3/t16-,17+. The van der Waals surface area contributed by atoms with Crippen molar-refractivity contribution in [2.75, 3.05) is 29.8 Å². The summed E-state index contributed by atoms with van der Waals surface area (Å²) in [6.07, 6.45) is 0. The van der Waals surface area contributed by atoms with Crippen molar-refractivity contribution in [1.29, 1.82) is 0 Å². The minimum Gasteiger partial charge on any atom is -0.495 e. The van der Waals surface area contributed by atoms with Crippen LogP contribution in [0.25, 0.3) is 10.4 Å². The van der Waals surface area contributed by atoms with Gasteiger partial charge in [0.15, 0.2) is 0 Å². The molecule has 3 aromatic rings. The third-order valence-corrected chi connectivity index (χ3v) is 7.62. The van der Waals surface area contributed by atoms with Gasteiger partial charge in [-0.15, -0.1) is 11.3 Å². The van der Waals surface area contributed by atoms with Gasteiger partial charge >= 0.3 is 0 Å². The second-order valence-corrected chi connectivity index (χ2v) is 10.5. The number of methoxy groups -OCH3 is 1. The summed E-state index contributed by atoms with van der Waals surface area (Å²) in [7, 11) is -2.33. The molecule has 1 fully saturated rings. The number of sulfonamides is 1. The zero-order chi connectivity index (χ0) is 22.0. The fourth-order valence-electron chi connectivity index (χ4n) is 4.00.